The van der Waals surface area contributed by atoms with Crippen molar-refractivity contribution in [3.63, 3.8) is 0 Å². The maximum absolute atomic E-state index is 11.7. The Labute approximate surface area is 168 Å². The molecule has 2 amide bonds. The first-order valence-corrected chi connectivity index (χ1v) is 10.4. The number of nitrogens with one attached hydrogen (secondary N) is 1. The van der Waals surface area contributed by atoms with E-state index in [1.807, 2.05) is 0 Å². The van der Waals surface area contributed by atoms with Crippen LogP contribution in [-0.2, 0) is 5.41 Å². The van der Waals surface area contributed by atoms with E-state index in [0.29, 0.717) is 24.5 Å². The Bertz CT molecular complexity index is 739. The van der Waals surface area contributed by atoms with Gasteiger partial charge in [-0.1, -0.05) is 60.7 Å². The SMILES string of the molecule is CN1[C@@H]2CC[C@H]1CC(CC(CNC(N)=O)(c1ccccc1)c1ccccc1)C2. The van der Waals surface area contributed by atoms with E-state index in [4.69, 9.17) is 5.73 Å². The molecular weight excluding hydrogens is 346 g/mol. The zero-order valence-electron chi connectivity index (χ0n) is 16.7. The lowest BCUT2D eigenvalue weighted by Gasteiger charge is -2.43. The van der Waals surface area contributed by atoms with Gasteiger partial charge in [0.2, 0.25) is 0 Å². The summed E-state index contributed by atoms with van der Waals surface area (Å²) < 4.78 is 0. The molecule has 0 saturated carbocycles. The van der Waals surface area contributed by atoms with Crippen molar-refractivity contribution in [1.82, 2.24) is 10.2 Å². The van der Waals surface area contributed by atoms with Crippen LogP contribution >= 0.6 is 0 Å². The number of carbonyl (C=O) groups is 1. The van der Waals surface area contributed by atoms with E-state index in [0.717, 1.165) is 6.42 Å². The normalized spacial score (nSPS) is 24.8. The van der Waals surface area contributed by atoms with Crippen molar-refractivity contribution in [2.45, 2.75) is 49.6 Å². The number of nitrogens with two attached hydrogens (primary N) is 1. The largest absolute Gasteiger partial charge is 0.352 e. The van der Waals surface area contributed by atoms with Crippen molar-refractivity contribution in [2.24, 2.45) is 11.7 Å². The lowest BCUT2D eigenvalue weighted by molar-refractivity contribution is 0.118. The molecule has 2 bridgehead atoms. The molecular formula is C24H31N3O. The molecule has 4 nitrogen and oxygen atoms in total. The van der Waals surface area contributed by atoms with Crippen LogP contribution in [0.2, 0.25) is 0 Å². The lowest BCUT2D eigenvalue weighted by Crippen LogP contribution is -2.47. The average molecular weight is 378 g/mol. The molecule has 3 N–H and O–H groups in total. The summed E-state index contributed by atoms with van der Waals surface area (Å²) in [5, 5.41) is 2.95. The second-order valence-electron chi connectivity index (χ2n) is 8.62. The van der Waals surface area contributed by atoms with Gasteiger partial charge in [-0.05, 0) is 56.2 Å². The molecule has 2 aromatic rings. The fourth-order valence-electron chi connectivity index (χ4n) is 5.61. The number of fused-ring (bicyclic) bond motifs is 2. The number of carbonyl (C=O) groups excluding carboxylic acids is 1. The molecule has 4 rings (SSSR count). The number of hydrogen-bond donors (Lipinski definition) is 2. The predicted octanol–water partition coefficient (Wildman–Crippen LogP) is 3.90. The van der Waals surface area contributed by atoms with E-state index < -0.39 is 6.03 Å². The number of primary amides is 1. The van der Waals surface area contributed by atoms with Gasteiger partial charge in [0.25, 0.3) is 0 Å². The number of hydrogen-bond acceptors (Lipinski definition) is 2. The standard InChI is InChI=1S/C24H31N3O/c1-27-21-12-13-22(27)15-18(14-21)16-24(17-26-23(25)28,19-8-4-2-5-9-19)20-10-6-3-7-11-20/h2-11,18,21-22H,12-17H2,1H3,(H3,25,26,28)/t18?,21-,22+. The molecule has 2 saturated heterocycles. The number of urea groups is 1. The fraction of sp³-hybridized carbons (Fsp3) is 0.458. The molecule has 2 fully saturated rings. The van der Waals surface area contributed by atoms with E-state index in [1.165, 1.54) is 36.8 Å². The van der Waals surface area contributed by atoms with Gasteiger partial charge >= 0.3 is 6.03 Å². The summed E-state index contributed by atoms with van der Waals surface area (Å²) in [5.41, 5.74) is 7.74. The first kappa shape index (κ1) is 19.0. The molecule has 0 aromatic heterocycles. The highest BCUT2D eigenvalue weighted by Crippen LogP contribution is 2.45. The van der Waals surface area contributed by atoms with Gasteiger partial charge in [-0.3, -0.25) is 0 Å². The van der Waals surface area contributed by atoms with E-state index >= 15 is 0 Å². The Kier molecular flexibility index (Phi) is 5.40. The van der Waals surface area contributed by atoms with Crippen LogP contribution in [0.3, 0.4) is 0 Å². The van der Waals surface area contributed by atoms with Gasteiger partial charge in [0, 0.05) is 24.0 Å². The molecule has 2 aliphatic rings. The molecule has 0 spiro atoms. The molecule has 2 aliphatic heterocycles. The van der Waals surface area contributed by atoms with Crippen LogP contribution in [0.4, 0.5) is 4.79 Å². The maximum Gasteiger partial charge on any atom is 0.312 e. The van der Waals surface area contributed by atoms with Crippen LogP contribution in [0, 0.1) is 5.92 Å². The maximum atomic E-state index is 11.7. The van der Waals surface area contributed by atoms with Crippen LogP contribution in [0.15, 0.2) is 60.7 Å². The van der Waals surface area contributed by atoms with Crippen molar-refractivity contribution in [3.05, 3.63) is 71.8 Å². The first-order valence-electron chi connectivity index (χ1n) is 10.4. The minimum atomic E-state index is -0.459. The first-order chi connectivity index (χ1) is 13.6. The van der Waals surface area contributed by atoms with E-state index in [1.54, 1.807) is 0 Å². The summed E-state index contributed by atoms with van der Waals surface area (Å²) in [4.78, 5) is 14.3. The second-order valence-corrected chi connectivity index (χ2v) is 8.62. The summed E-state index contributed by atoms with van der Waals surface area (Å²) in [7, 11) is 2.29. The Morgan fingerprint density at radius 2 is 1.50 bits per heavy atom. The van der Waals surface area contributed by atoms with Gasteiger partial charge in [0.05, 0.1) is 0 Å². The number of piperidine rings is 1. The quantitative estimate of drug-likeness (QED) is 0.802. The minimum Gasteiger partial charge on any atom is -0.352 e. The molecule has 4 heteroatoms. The van der Waals surface area contributed by atoms with E-state index in [2.05, 4.69) is 77.9 Å². The molecule has 148 valence electrons. The Morgan fingerprint density at radius 1 is 1.00 bits per heavy atom. The summed E-state index contributed by atoms with van der Waals surface area (Å²) in [6.45, 7) is 0.526. The monoisotopic (exact) mass is 377 g/mol. The summed E-state index contributed by atoms with van der Waals surface area (Å²) >= 11 is 0. The van der Waals surface area contributed by atoms with Crippen LogP contribution in [0.1, 0.15) is 43.2 Å². The van der Waals surface area contributed by atoms with Crippen LogP contribution < -0.4 is 11.1 Å². The minimum absolute atomic E-state index is 0.266. The Hall–Kier alpha value is -2.33. The topological polar surface area (TPSA) is 58.4 Å². The molecule has 2 aromatic carbocycles. The van der Waals surface area contributed by atoms with Gasteiger partial charge in [-0.2, -0.15) is 0 Å². The van der Waals surface area contributed by atoms with Gasteiger partial charge in [0.15, 0.2) is 0 Å². The van der Waals surface area contributed by atoms with E-state index in [9.17, 15) is 4.79 Å². The zero-order valence-corrected chi connectivity index (χ0v) is 16.7. The fourth-order valence-corrected chi connectivity index (χ4v) is 5.61. The Balaban J connectivity index is 1.72. The molecule has 28 heavy (non-hydrogen) atoms. The zero-order chi connectivity index (χ0) is 19.6. The summed E-state index contributed by atoms with van der Waals surface area (Å²) in [6.07, 6.45) is 6.15. The number of rotatable bonds is 6. The van der Waals surface area contributed by atoms with Crippen LogP contribution in [-0.4, -0.2) is 36.6 Å². The van der Waals surface area contributed by atoms with Crippen LogP contribution in [0.25, 0.3) is 0 Å². The highest BCUT2D eigenvalue weighted by atomic mass is 16.2. The predicted molar refractivity (Wildman–Crippen MR) is 113 cm³/mol. The smallest absolute Gasteiger partial charge is 0.312 e. The van der Waals surface area contributed by atoms with Crippen LogP contribution in [0.5, 0.6) is 0 Å². The van der Waals surface area contributed by atoms with Crippen molar-refractivity contribution in [1.29, 1.82) is 0 Å². The van der Waals surface area contributed by atoms with Gasteiger partial charge in [-0.15, -0.1) is 0 Å². The molecule has 1 unspecified atom stereocenters. The number of benzene rings is 2. The lowest BCUT2D eigenvalue weighted by atomic mass is 9.67. The molecule has 2 heterocycles. The van der Waals surface area contributed by atoms with Crippen molar-refractivity contribution >= 4 is 6.03 Å². The van der Waals surface area contributed by atoms with Gasteiger partial charge < -0.3 is 16.0 Å². The van der Waals surface area contributed by atoms with Crippen molar-refractivity contribution in [2.75, 3.05) is 13.6 Å². The Morgan fingerprint density at radius 3 is 1.96 bits per heavy atom. The molecule has 3 atom stereocenters. The third-order valence-corrected chi connectivity index (χ3v) is 7.05. The average Bonchev–Trinajstić information content (AvgIpc) is 2.93. The molecule has 0 radical (unpaired) electrons. The van der Waals surface area contributed by atoms with Crippen molar-refractivity contribution in [3.8, 4) is 0 Å². The summed E-state index contributed by atoms with van der Waals surface area (Å²) in [5.74, 6) is 0.642. The summed E-state index contributed by atoms with van der Waals surface area (Å²) in [6, 6.07) is 22.2. The van der Waals surface area contributed by atoms with E-state index in [-0.39, 0.29) is 5.41 Å². The van der Waals surface area contributed by atoms with Gasteiger partial charge in [0.1, 0.15) is 0 Å². The van der Waals surface area contributed by atoms with Crippen molar-refractivity contribution < 1.29 is 4.79 Å². The number of nitrogens with zero attached hydrogens (tertiary/aromatic N) is 1. The molecule has 0 aliphatic carbocycles. The third kappa shape index (κ3) is 3.66. The van der Waals surface area contributed by atoms with Gasteiger partial charge in [-0.25, -0.2) is 4.79 Å². The second kappa shape index (κ2) is 7.96. The highest BCUT2D eigenvalue weighted by molar-refractivity contribution is 5.72. The highest BCUT2D eigenvalue weighted by Gasteiger charge is 2.43. The third-order valence-electron chi connectivity index (χ3n) is 7.05. The number of amides is 2.